The molecule has 0 radical (unpaired) electrons. The summed E-state index contributed by atoms with van der Waals surface area (Å²) in [5.74, 6) is 0.215. The zero-order chi connectivity index (χ0) is 13.7. The fourth-order valence-electron chi connectivity index (χ4n) is 3.90. The number of nitrogens with one attached hydrogen (secondary N) is 1. The number of rotatable bonds is 4. The third kappa shape index (κ3) is 3.18. The van der Waals surface area contributed by atoms with Crippen molar-refractivity contribution in [1.82, 2.24) is 5.32 Å². The molecule has 2 N–H and O–H groups in total. The number of aliphatic hydroxyl groups excluding tert-OH is 1. The molecule has 2 rings (SSSR count). The molecule has 2 nitrogen and oxygen atoms in total. The predicted octanol–water partition coefficient (Wildman–Crippen LogP) is 3.35. The van der Waals surface area contributed by atoms with E-state index in [9.17, 15) is 5.11 Å². The Balaban J connectivity index is 2.18. The fraction of sp³-hybridized carbons (Fsp3) is 0.647. The Morgan fingerprint density at radius 1 is 1.21 bits per heavy atom. The maximum absolute atomic E-state index is 10.4. The van der Waals surface area contributed by atoms with Gasteiger partial charge in [0.1, 0.15) is 0 Å². The van der Waals surface area contributed by atoms with Crippen LogP contribution in [0.1, 0.15) is 44.9 Å². The third-order valence-corrected chi connectivity index (χ3v) is 4.75. The van der Waals surface area contributed by atoms with Crippen molar-refractivity contribution in [1.29, 1.82) is 0 Å². The lowest BCUT2D eigenvalue weighted by atomic mass is 9.66. The molecule has 106 valence electrons. The van der Waals surface area contributed by atoms with Gasteiger partial charge in [-0.25, -0.2) is 0 Å². The van der Waals surface area contributed by atoms with Gasteiger partial charge in [0.15, 0.2) is 0 Å². The molecule has 0 aromatic heterocycles. The Hall–Kier alpha value is -0.860. The molecule has 1 aliphatic heterocycles. The molecule has 2 aliphatic rings. The van der Waals surface area contributed by atoms with Gasteiger partial charge < -0.3 is 10.4 Å². The summed E-state index contributed by atoms with van der Waals surface area (Å²) in [5.41, 5.74) is 0.0864. The van der Waals surface area contributed by atoms with E-state index in [-0.39, 0.29) is 17.6 Å². The van der Waals surface area contributed by atoms with Gasteiger partial charge in [-0.1, -0.05) is 37.3 Å². The molecule has 4 atom stereocenters. The lowest BCUT2D eigenvalue weighted by Gasteiger charge is -2.51. The van der Waals surface area contributed by atoms with Crippen molar-refractivity contribution < 1.29 is 5.11 Å². The third-order valence-electron chi connectivity index (χ3n) is 4.75. The van der Waals surface area contributed by atoms with Crippen molar-refractivity contribution in [3.8, 4) is 0 Å². The molecular weight excluding hydrogens is 234 g/mol. The molecule has 2 heteroatoms. The normalized spacial score (nSPS) is 39.5. The summed E-state index contributed by atoms with van der Waals surface area (Å²) in [6, 6.07) is 0.524. The molecule has 2 fully saturated rings. The fourth-order valence-corrected chi connectivity index (χ4v) is 3.90. The van der Waals surface area contributed by atoms with Gasteiger partial charge in [0, 0.05) is 17.5 Å². The van der Waals surface area contributed by atoms with Crippen LogP contribution in [0.25, 0.3) is 0 Å². The van der Waals surface area contributed by atoms with Crippen molar-refractivity contribution in [2.75, 3.05) is 0 Å². The van der Waals surface area contributed by atoms with Crippen molar-refractivity contribution >= 4 is 0 Å². The Bertz CT molecular complexity index is 345. The summed E-state index contributed by atoms with van der Waals surface area (Å²) in [7, 11) is 0. The second-order valence-corrected chi connectivity index (χ2v) is 6.02. The standard InChI is InChI=1S/C17H27NO/c1-3-5-10-15-16(19)11-7-13-17(15)12-6-9-14(18-17)8-4-2/h3-5,10,14-16,18-19H,1-2,6-9,11-13H2/b10-5+. The first-order chi connectivity index (χ1) is 9.22. The quantitative estimate of drug-likeness (QED) is 0.601. The van der Waals surface area contributed by atoms with Crippen molar-refractivity contribution in [2.24, 2.45) is 5.92 Å². The van der Waals surface area contributed by atoms with Crippen LogP contribution in [0.3, 0.4) is 0 Å². The van der Waals surface area contributed by atoms with Crippen LogP contribution in [0.5, 0.6) is 0 Å². The molecule has 0 amide bonds. The lowest BCUT2D eigenvalue weighted by Crippen LogP contribution is -2.61. The van der Waals surface area contributed by atoms with E-state index in [1.54, 1.807) is 6.08 Å². The molecule has 0 aromatic rings. The maximum Gasteiger partial charge on any atom is 0.0620 e. The Labute approximate surface area is 117 Å². The second-order valence-electron chi connectivity index (χ2n) is 6.02. The lowest BCUT2D eigenvalue weighted by molar-refractivity contribution is 0.00392. The molecular formula is C17H27NO. The largest absolute Gasteiger partial charge is 0.392 e. The first-order valence-electron chi connectivity index (χ1n) is 7.58. The Morgan fingerprint density at radius 3 is 2.63 bits per heavy atom. The Kier molecular flexibility index (Phi) is 5.00. The summed E-state index contributed by atoms with van der Waals surface area (Å²) < 4.78 is 0. The first kappa shape index (κ1) is 14.5. The zero-order valence-electron chi connectivity index (χ0n) is 11.9. The highest BCUT2D eigenvalue weighted by atomic mass is 16.3. The maximum atomic E-state index is 10.4. The van der Waals surface area contributed by atoms with Crippen LogP contribution in [-0.4, -0.2) is 22.8 Å². The number of aliphatic hydroxyl groups is 1. The van der Waals surface area contributed by atoms with Gasteiger partial charge in [0.05, 0.1) is 6.10 Å². The van der Waals surface area contributed by atoms with Crippen molar-refractivity contribution in [3.05, 3.63) is 37.5 Å². The minimum absolute atomic E-state index is 0.0864. The summed E-state index contributed by atoms with van der Waals surface area (Å²) in [6.07, 6.45) is 15.6. The van der Waals surface area contributed by atoms with E-state index < -0.39 is 0 Å². The highest BCUT2D eigenvalue weighted by Gasteiger charge is 2.45. The predicted molar refractivity (Wildman–Crippen MR) is 81.0 cm³/mol. The van der Waals surface area contributed by atoms with Crippen LogP contribution in [0.2, 0.25) is 0 Å². The van der Waals surface area contributed by atoms with Gasteiger partial charge >= 0.3 is 0 Å². The van der Waals surface area contributed by atoms with E-state index in [1.165, 1.54) is 25.7 Å². The molecule has 1 spiro atoms. The van der Waals surface area contributed by atoms with E-state index in [1.807, 2.05) is 12.2 Å². The monoisotopic (exact) mass is 261 g/mol. The van der Waals surface area contributed by atoms with Crippen LogP contribution in [-0.2, 0) is 0 Å². The highest BCUT2D eigenvalue weighted by Crippen LogP contribution is 2.41. The number of hydrogen-bond donors (Lipinski definition) is 2. The van der Waals surface area contributed by atoms with Crippen LogP contribution < -0.4 is 5.32 Å². The average Bonchev–Trinajstić information content (AvgIpc) is 2.39. The minimum Gasteiger partial charge on any atom is -0.392 e. The van der Waals surface area contributed by atoms with E-state index >= 15 is 0 Å². The summed E-state index contributed by atoms with van der Waals surface area (Å²) in [5, 5.41) is 14.2. The summed E-state index contributed by atoms with van der Waals surface area (Å²) in [6.45, 7) is 7.60. The van der Waals surface area contributed by atoms with Crippen LogP contribution in [0, 0.1) is 5.92 Å². The van der Waals surface area contributed by atoms with E-state index in [0.717, 1.165) is 19.3 Å². The van der Waals surface area contributed by atoms with Gasteiger partial charge in [-0.3, -0.25) is 0 Å². The van der Waals surface area contributed by atoms with Gasteiger partial charge in [0.2, 0.25) is 0 Å². The SMILES string of the molecule is C=C/C=C/C1C(O)CCCC12CCCC(CC=C)N2. The molecule has 19 heavy (non-hydrogen) atoms. The zero-order valence-corrected chi connectivity index (χ0v) is 11.9. The number of hydrogen-bond acceptors (Lipinski definition) is 2. The second kappa shape index (κ2) is 6.53. The molecule has 1 heterocycles. The van der Waals surface area contributed by atoms with Gasteiger partial charge in [-0.15, -0.1) is 6.58 Å². The number of piperidine rings is 1. The molecule has 0 bridgehead atoms. The highest BCUT2D eigenvalue weighted by molar-refractivity contribution is 5.14. The minimum atomic E-state index is -0.222. The van der Waals surface area contributed by atoms with Crippen molar-refractivity contribution in [2.45, 2.75) is 62.6 Å². The van der Waals surface area contributed by atoms with E-state index in [2.05, 4.69) is 24.6 Å². The topological polar surface area (TPSA) is 32.3 Å². The van der Waals surface area contributed by atoms with Gasteiger partial charge in [-0.05, 0) is 38.5 Å². The molecule has 4 unspecified atom stereocenters. The van der Waals surface area contributed by atoms with Crippen molar-refractivity contribution in [3.63, 3.8) is 0 Å². The summed E-state index contributed by atoms with van der Waals surface area (Å²) in [4.78, 5) is 0. The average molecular weight is 261 g/mol. The molecule has 1 aliphatic carbocycles. The van der Waals surface area contributed by atoms with Crippen LogP contribution in [0.15, 0.2) is 37.5 Å². The van der Waals surface area contributed by atoms with Gasteiger partial charge in [-0.2, -0.15) is 0 Å². The van der Waals surface area contributed by atoms with Gasteiger partial charge in [0.25, 0.3) is 0 Å². The number of allylic oxidation sites excluding steroid dienone is 2. The van der Waals surface area contributed by atoms with Crippen LogP contribution >= 0.6 is 0 Å². The molecule has 1 saturated heterocycles. The van der Waals surface area contributed by atoms with Crippen LogP contribution in [0.4, 0.5) is 0 Å². The first-order valence-corrected chi connectivity index (χ1v) is 7.58. The van der Waals surface area contributed by atoms with E-state index in [4.69, 9.17) is 0 Å². The van der Waals surface area contributed by atoms with E-state index in [0.29, 0.717) is 6.04 Å². The molecule has 0 aromatic carbocycles. The summed E-state index contributed by atoms with van der Waals surface area (Å²) >= 11 is 0. The smallest absolute Gasteiger partial charge is 0.0620 e. The Morgan fingerprint density at radius 2 is 1.95 bits per heavy atom. The molecule has 1 saturated carbocycles.